The fraction of sp³-hybridized carbons (Fsp3) is 0. The summed E-state index contributed by atoms with van der Waals surface area (Å²) in [6.45, 7) is 0. The number of hydrogen-bond donors (Lipinski definition) is 0. The van der Waals surface area contributed by atoms with Gasteiger partial charge in [0.1, 0.15) is 0 Å². The zero-order valence-electron chi connectivity index (χ0n) is 24.1. The first-order valence-electron chi connectivity index (χ1n) is 15.1. The summed E-state index contributed by atoms with van der Waals surface area (Å²) in [7, 11) is 0. The van der Waals surface area contributed by atoms with E-state index in [4.69, 9.17) is 9.97 Å². The second-order valence-electron chi connectivity index (χ2n) is 11.5. The van der Waals surface area contributed by atoms with E-state index in [-0.39, 0.29) is 0 Å². The molecule has 9 aromatic rings. The summed E-state index contributed by atoms with van der Waals surface area (Å²) < 4.78 is 4.64. The van der Waals surface area contributed by atoms with Crippen LogP contribution < -0.4 is 0 Å². The first-order chi connectivity index (χ1) is 22.3. The molecule has 45 heavy (non-hydrogen) atoms. The molecule has 5 heteroatoms. The number of rotatable bonds is 3. The predicted molar refractivity (Wildman–Crippen MR) is 186 cm³/mol. The lowest BCUT2D eigenvalue weighted by molar-refractivity contribution is 1.13. The normalized spacial score (nSPS) is 12.4. The van der Waals surface area contributed by atoms with Gasteiger partial charge in [-0.2, -0.15) is 0 Å². The summed E-state index contributed by atoms with van der Waals surface area (Å²) in [6.07, 6.45) is 2.18. The van der Waals surface area contributed by atoms with E-state index in [1.807, 2.05) is 0 Å². The molecule has 0 atom stereocenters. The van der Waals surface area contributed by atoms with Gasteiger partial charge in [-0.1, -0.05) is 72.4 Å². The highest BCUT2D eigenvalue weighted by Gasteiger charge is 2.22. The van der Waals surface area contributed by atoms with E-state index >= 15 is 0 Å². The third-order valence-corrected chi connectivity index (χ3v) is 10.1. The Morgan fingerprint density at radius 1 is 0.489 bits per heavy atom. The molecule has 0 bridgehead atoms. The van der Waals surface area contributed by atoms with Gasteiger partial charge in [-0.05, 0) is 78.9 Å². The molecular formula is C40H24N4S. The zero-order valence-corrected chi connectivity index (χ0v) is 24.9. The third-order valence-electron chi connectivity index (χ3n) is 8.97. The van der Waals surface area contributed by atoms with Crippen molar-refractivity contribution in [3.63, 3.8) is 0 Å². The van der Waals surface area contributed by atoms with Gasteiger partial charge in [-0.25, -0.2) is 9.97 Å². The number of aromatic nitrogens is 4. The van der Waals surface area contributed by atoms with Crippen molar-refractivity contribution >= 4 is 55.4 Å². The minimum absolute atomic E-state index is 0.745. The van der Waals surface area contributed by atoms with Crippen molar-refractivity contribution in [2.45, 2.75) is 9.79 Å². The van der Waals surface area contributed by atoms with Gasteiger partial charge < -0.3 is 9.13 Å². The fourth-order valence-electron chi connectivity index (χ4n) is 6.97. The van der Waals surface area contributed by atoms with Crippen LogP contribution in [0.4, 0.5) is 0 Å². The van der Waals surface area contributed by atoms with Crippen LogP contribution in [0.1, 0.15) is 0 Å². The maximum absolute atomic E-state index is 5.16. The molecule has 0 saturated heterocycles. The molecule has 1 aliphatic heterocycles. The van der Waals surface area contributed by atoms with Crippen molar-refractivity contribution in [1.82, 2.24) is 19.1 Å². The quantitative estimate of drug-likeness (QED) is 0.205. The number of nitrogens with zero attached hydrogens (tertiary/aromatic N) is 4. The Bertz CT molecular complexity index is 2610. The largest absolute Gasteiger partial charge is 0.317 e. The molecule has 0 spiro atoms. The van der Waals surface area contributed by atoms with Crippen LogP contribution in [0.3, 0.4) is 0 Å². The topological polar surface area (TPSA) is 35.6 Å². The monoisotopic (exact) mass is 592 g/mol. The van der Waals surface area contributed by atoms with Crippen LogP contribution in [0.25, 0.3) is 77.6 Å². The van der Waals surface area contributed by atoms with Gasteiger partial charge in [-0.3, -0.25) is 0 Å². The summed E-state index contributed by atoms with van der Waals surface area (Å²) in [4.78, 5) is 12.6. The molecule has 6 aromatic carbocycles. The van der Waals surface area contributed by atoms with Gasteiger partial charge in [0.2, 0.25) is 0 Å². The molecule has 0 radical (unpaired) electrons. The average molecular weight is 593 g/mol. The lowest BCUT2D eigenvalue weighted by atomic mass is 10.0. The van der Waals surface area contributed by atoms with Gasteiger partial charge in [0.25, 0.3) is 0 Å². The standard InChI is InChI=1S/C40H24N4S/c1-2-9-26(10-3-1)43-24-23-29-32(43)21-22-34-37(29)28-11-4-6-14-33(28)44(34)27-19-17-25(18-20-27)40-41-31-13-8-16-36-38(31)39(42-40)30-12-5-7-15-35(30)45-36/h1-24H. The van der Waals surface area contributed by atoms with Gasteiger partial charge >= 0.3 is 0 Å². The lowest BCUT2D eigenvalue weighted by Crippen LogP contribution is -2.00. The Kier molecular flexibility index (Phi) is 5.18. The van der Waals surface area contributed by atoms with Crippen LogP contribution in [-0.2, 0) is 0 Å². The Labute approximate surface area is 263 Å². The van der Waals surface area contributed by atoms with Crippen molar-refractivity contribution in [3.8, 4) is 34.0 Å². The van der Waals surface area contributed by atoms with Crippen LogP contribution >= 0.6 is 11.8 Å². The molecule has 0 N–H and O–H groups in total. The van der Waals surface area contributed by atoms with E-state index in [1.54, 1.807) is 11.8 Å². The number of benzene rings is 6. The highest BCUT2D eigenvalue weighted by Crippen LogP contribution is 2.47. The Morgan fingerprint density at radius 3 is 2.16 bits per heavy atom. The molecule has 210 valence electrons. The molecule has 0 saturated carbocycles. The molecule has 3 aromatic heterocycles. The van der Waals surface area contributed by atoms with E-state index in [2.05, 4.69) is 155 Å². The van der Waals surface area contributed by atoms with Crippen molar-refractivity contribution in [2.24, 2.45) is 0 Å². The van der Waals surface area contributed by atoms with Crippen molar-refractivity contribution < 1.29 is 0 Å². The Morgan fingerprint density at radius 2 is 1.24 bits per heavy atom. The van der Waals surface area contributed by atoms with Crippen LogP contribution in [0, 0.1) is 0 Å². The SMILES string of the molecule is c1ccc(-n2ccc3c4c5ccccc5n(-c5ccc(-c6nc7c8c(cccc8n6)Sc6ccccc6-7)cc5)c4ccc32)cc1. The Hall–Kier alpha value is -5.65. The van der Waals surface area contributed by atoms with E-state index in [0.29, 0.717) is 0 Å². The van der Waals surface area contributed by atoms with E-state index in [9.17, 15) is 0 Å². The summed E-state index contributed by atoms with van der Waals surface area (Å²) in [5.41, 5.74) is 10.0. The first-order valence-corrected chi connectivity index (χ1v) is 15.9. The number of para-hydroxylation sites is 2. The predicted octanol–water partition coefficient (Wildman–Crippen LogP) is 10.5. The number of hydrogen-bond acceptors (Lipinski definition) is 3. The van der Waals surface area contributed by atoms with E-state index < -0.39 is 0 Å². The van der Waals surface area contributed by atoms with Gasteiger partial charge in [-0.15, -0.1) is 0 Å². The van der Waals surface area contributed by atoms with Crippen molar-refractivity contribution in [1.29, 1.82) is 0 Å². The molecule has 4 nitrogen and oxygen atoms in total. The summed E-state index contributed by atoms with van der Waals surface area (Å²) >= 11 is 1.80. The van der Waals surface area contributed by atoms with Gasteiger partial charge in [0.15, 0.2) is 5.82 Å². The van der Waals surface area contributed by atoms with E-state index in [0.717, 1.165) is 39.4 Å². The molecule has 0 fully saturated rings. The highest BCUT2D eigenvalue weighted by atomic mass is 32.2. The van der Waals surface area contributed by atoms with Crippen LogP contribution in [0.15, 0.2) is 156 Å². The molecule has 0 aliphatic carbocycles. The molecule has 0 amide bonds. The van der Waals surface area contributed by atoms with Crippen LogP contribution in [0.2, 0.25) is 0 Å². The lowest BCUT2D eigenvalue weighted by Gasteiger charge is -2.19. The maximum atomic E-state index is 5.16. The van der Waals surface area contributed by atoms with Crippen molar-refractivity contribution in [2.75, 3.05) is 0 Å². The van der Waals surface area contributed by atoms with Crippen LogP contribution in [0.5, 0.6) is 0 Å². The summed E-state index contributed by atoms with van der Waals surface area (Å²) in [5.74, 6) is 0.745. The van der Waals surface area contributed by atoms with Crippen molar-refractivity contribution in [3.05, 3.63) is 146 Å². The third kappa shape index (κ3) is 3.62. The zero-order chi connectivity index (χ0) is 29.5. The summed E-state index contributed by atoms with van der Waals surface area (Å²) in [6, 6.07) is 49.6. The molecular weight excluding hydrogens is 569 g/mol. The van der Waals surface area contributed by atoms with Gasteiger partial charge in [0, 0.05) is 60.0 Å². The molecule has 0 unspecified atom stereocenters. The summed E-state index contributed by atoms with van der Waals surface area (Å²) in [5, 5.41) is 4.90. The molecule has 1 aliphatic rings. The van der Waals surface area contributed by atoms with Gasteiger partial charge in [0.05, 0.1) is 27.8 Å². The second kappa shape index (κ2) is 9.42. The highest BCUT2D eigenvalue weighted by molar-refractivity contribution is 7.99. The minimum Gasteiger partial charge on any atom is -0.317 e. The Balaban J connectivity index is 1.13. The average Bonchev–Trinajstić information content (AvgIpc) is 3.68. The fourth-order valence-corrected chi connectivity index (χ4v) is 8.07. The molecule has 10 rings (SSSR count). The van der Waals surface area contributed by atoms with Crippen LogP contribution in [-0.4, -0.2) is 19.1 Å². The smallest absolute Gasteiger partial charge is 0.160 e. The maximum Gasteiger partial charge on any atom is 0.160 e. The van der Waals surface area contributed by atoms with E-state index in [1.165, 1.54) is 48.1 Å². The minimum atomic E-state index is 0.745. The molecule has 4 heterocycles. The second-order valence-corrected chi connectivity index (χ2v) is 12.5. The first kappa shape index (κ1) is 24.8. The number of fused-ring (bicyclic) bond motifs is 7.